The molecule has 1 atom stereocenters. The summed E-state index contributed by atoms with van der Waals surface area (Å²) in [5.74, 6) is 0.479. The number of nitrogens with one attached hydrogen (secondary N) is 3. The number of anilines is 1. The number of carbonyl (C=O) groups excluding carboxylic acids is 1. The van der Waals surface area contributed by atoms with Crippen LogP contribution >= 0.6 is 0 Å². The van der Waals surface area contributed by atoms with E-state index < -0.39 is 10.0 Å². The topological polar surface area (TPSA) is 87.3 Å². The summed E-state index contributed by atoms with van der Waals surface area (Å²) in [5.41, 5.74) is 0.501. The maximum absolute atomic E-state index is 11.9. The first-order valence-electron chi connectivity index (χ1n) is 7.05. The molecule has 116 valence electrons. The van der Waals surface area contributed by atoms with Crippen molar-refractivity contribution < 1.29 is 13.2 Å². The van der Waals surface area contributed by atoms with Gasteiger partial charge in [0, 0.05) is 12.1 Å². The first kappa shape index (κ1) is 15.9. The maximum atomic E-state index is 11.9. The SMILES string of the molecule is CNS(=O)(=O)c1cccc(NC(=O)CCC2CCNC2)c1. The van der Waals surface area contributed by atoms with Crippen molar-refractivity contribution in [2.45, 2.75) is 24.2 Å². The van der Waals surface area contributed by atoms with Gasteiger partial charge in [0.25, 0.3) is 0 Å². The van der Waals surface area contributed by atoms with E-state index in [1.165, 1.54) is 19.2 Å². The Hall–Kier alpha value is -1.44. The molecule has 1 fully saturated rings. The van der Waals surface area contributed by atoms with E-state index in [9.17, 15) is 13.2 Å². The van der Waals surface area contributed by atoms with E-state index in [4.69, 9.17) is 0 Å². The van der Waals surface area contributed by atoms with Gasteiger partial charge in [-0.3, -0.25) is 4.79 Å². The summed E-state index contributed by atoms with van der Waals surface area (Å²) in [4.78, 5) is 12.0. The van der Waals surface area contributed by atoms with Gasteiger partial charge in [0.15, 0.2) is 0 Å². The second kappa shape index (κ2) is 7.02. The lowest BCUT2D eigenvalue weighted by molar-refractivity contribution is -0.116. The predicted octanol–water partition coefficient (Wildman–Crippen LogP) is 0.923. The maximum Gasteiger partial charge on any atom is 0.240 e. The summed E-state index contributed by atoms with van der Waals surface area (Å²) < 4.78 is 25.7. The largest absolute Gasteiger partial charge is 0.326 e. The first-order valence-corrected chi connectivity index (χ1v) is 8.54. The van der Waals surface area contributed by atoms with E-state index in [-0.39, 0.29) is 10.8 Å². The van der Waals surface area contributed by atoms with E-state index in [0.29, 0.717) is 18.0 Å². The molecule has 0 spiro atoms. The Labute approximate surface area is 125 Å². The van der Waals surface area contributed by atoms with Crippen LogP contribution in [0.25, 0.3) is 0 Å². The van der Waals surface area contributed by atoms with Crippen LogP contribution in [0.3, 0.4) is 0 Å². The van der Waals surface area contributed by atoms with Crippen LogP contribution in [0.5, 0.6) is 0 Å². The monoisotopic (exact) mass is 311 g/mol. The molecule has 1 aliphatic rings. The summed E-state index contributed by atoms with van der Waals surface area (Å²) in [6, 6.07) is 6.25. The fraction of sp³-hybridized carbons (Fsp3) is 0.500. The van der Waals surface area contributed by atoms with E-state index in [2.05, 4.69) is 15.4 Å². The number of carbonyl (C=O) groups is 1. The Morgan fingerprint density at radius 1 is 1.43 bits per heavy atom. The first-order chi connectivity index (χ1) is 10.0. The van der Waals surface area contributed by atoms with Crippen molar-refractivity contribution in [1.82, 2.24) is 10.0 Å². The highest BCUT2D eigenvalue weighted by molar-refractivity contribution is 7.89. The molecular formula is C14H21N3O3S. The zero-order chi connectivity index (χ0) is 15.3. The van der Waals surface area contributed by atoms with Gasteiger partial charge in [-0.15, -0.1) is 0 Å². The predicted molar refractivity (Wildman–Crippen MR) is 81.5 cm³/mol. The van der Waals surface area contributed by atoms with Gasteiger partial charge in [0.2, 0.25) is 15.9 Å². The lowest BCUT2D eigenvalue weighted by atomic mass is 10.0. The molecule has 0 aliphatic carbocycles. The molecule has 2 rings (SSSR count). The summed E-state index contributed by atoms with van der Waals surface area (Å²) in [6.07, 6.45) is 2.42. The Morgan fingerprint density at radius 3 is 2.90 bits per heavy atom. The quantitative estimate of drug-likeness (QED) is 0.729. The number of hydrogen-bond acceptors (Lipinski definition) is 4. The summed E-state index contributed by atoms with van der Waals surface area (Å²) >= 11 is 0. The number of hydrogen-bond donors (Lipinski definition) is 3. The van der Waals surface area contributed by atoms with Gasteiger partial charge in [0.1, 0.15) is 0 Å². The van der Waals surface area contributed by atoms with Crippen molar-refractivity contribution >= 4 is 21.6 Å². The van der Waals surface area contributed by atoms with Crippen molar-refractivity contribution in [2.75, 3.05) is 25.5 Å². The molecule has 0 radical (unpaired) electrons. The Morgan fingerprint density at radius 2 is 2.24 bits per heavy atom. The van der Waals surface area contributed by atoms with Gasteiger partial charge in [-0.25, -0.2) is 13.1 Å². The van der Waals surface area contributed by atoms with Crippen LogP contribution in [0.2, 0.25) is 0 Å². The number of sulfonamides is 1. The minimum atomic E-state index is -3.49. The molecule has 1 aliphatic heterocycles. The Bertz CT molecular complexity index is 595. The van der Waals surface area contributed by atoms with Crippen LogP contribution in [0.4, 0.5) is 5.69 Å². The van der Waals surface area contributed by atoms with Crippen molar-refractivity contribution in [3.63, 3.8) is 0 Å². The van der Waals surface area contributed by atoms with Crippen LogP contribution in [0, 0.1) is 5.92 Å². The second-order valence-electron chi connectivity index (χ2n) is 5.18. The van der Waals surface area contributed by atoms with Gasteiger partial charge < -0.3 is 10.6 Å². The van der Waals surface area contributed by atoms with E-state index in [0.717, 1.165) is 25.9 Å². The van der Waals surface area contributed by atoms with E-state index in [1.54, 1.807) is 12.1 Å². The van der Waals surface area contributed by atoms with Crippen molar-refractivity contribution in [2.24, 2.45) is 5.92 Å². The van der Waals surface area contributed by atoms with E-state index in [1.807, 2.05) is 0 Å². The zero-order valence-electron chi connectivity index (χ0n) is 12.1. The normalized spacial score (nSPS) is 18.6. The lowest BCUT2D eigenvalue weighted by Crippen LogP contribution is -2.19. The molecular weight excluding hydrogens is 290 g/mol. The molecule has 1 amide bonds. The molecule has 3 N–H and O–H groups in total. The van der Waals surface area contributed by atoms with Crippen LogP contribution in [0.15, 0.2) is 29.2 Å². The Balaban J connectivity index is 1.93. The number of benzene rings is 1. The number of amides is 1. The molecule has 1 unspecified atom stereocenters. The molecule has 1 heterocycles. The molecule has 1 saturated heterocycles. The van der Waals surface area contributed by atoms with Crippen LogP contribution in [-0.2, 0) is 14.8 Å². The average molecular weight is 311 g/mol. The summed E-state index contributed by atoms with van der Waals surface area (Å²) in [5, 5.41) is 6.02. The van der Waals surface area contributed by atoms with Crippen LogP contribution < -0.4 is 15.4 Å². The van der Waals surface area contributed by atoms with Crippen molar-refractivity contribution in [3.05, 3.63) is 24.3 Å². The minimum Gasteiger partial charge on any atom is -0.326 e. The standard InChI is InChI=1S/C14H21N3O3S/c1-15-21(19,20)13-4-2-3-12(9-13)17-14(18)6-5-11-7-8-16-10-11/h2-4,9,11,15-16H,5-8,10H2,1H3,(H,17,18). The van der Waals surface area contributed by atoms with E-state index >= 15 is 0 Å². The van der Waals surface area contributed by atoms with Gasteiger partial charge >= 0.3 is 0 Å². The Kier molecular flexibility index (Phi) is 5.33. The molecule has 21 heavy (non-hydrogen) atoms. The van der Waals surface area contributed by atoms with Gasteiger partial charge in [-0.05, 0) is 57.1 Å². The number of rotatable bonds is 6. The summed E-state index contributed by atoms with van der Waals surface area (Å²) in [7, 11) is -2.13. The molecule has 1 aromatic carbocycles. The van der Waals surface area contributed by atoms with Gasteiger partial charge in [0.05, 0.1) is 4.90 Å². The minimum absolute atomic E-state index is 0.0825. The van der Waals surface area contributed by atoms with Gasteiger partial charge in [-0.1, -0.05) is 6.07 Å². The van der Waals surface area contributed by atoms with Crippen LogP contribution in [-0.4, -0.2) is 34.5 Å². The zero-order valence-corrected chi connectivity index (χ0v) is 12.9. The van der Waals surface area contributed by atoms with Crippen molar-refractivity contribution in [1.29, 1.82) is 0 Å². The molecule has 1 aromatic rings. The fourth-order valence-corrected chi connectivity index (χ4v) is 3.15. The summed E-state index contributed by atoms with van der Waals surface area (Å²) in [6.45, 7) is 2.00. The molecule has 0 aromatic heterocycles. The molecule has 0 saturated carbocycles. The second-order valence-corrected chi connectivity index (χ2v) is 7.07. The fourth-order valence-electron chi connectivity index (χ4n) is 2.38. The van der Waals surface area contributed by atoms with Gasteiger partial charge in [-0.2, -0.15) is 0 Å². The third-order valence-corrected chi connectivity index (χ3v) is 5.05. The molecule has 7 heteroatoms. The van der Waals surface area contributed by atoms with Crippen LogP contribution in [0.1, 0.15) is 19.3 Å². The smallest absolute Gasteiger partial charge is 0.240 e. The molecule has 0 bridgehead atoms. The third-order valence-electron chi connectivity index (χ3n) is 3.64. The average Bonchev–Trinajstić information content (AvgIpc) is 2.99. The third kappa shape index (κ3) is 4.52. The highest BCUT2D eigenvalue weighted by Gasteiger charge is 2.16. The highest BCUT2D eigenvalue weighted by Crippen LogP contribution is 2.17. The van der Waals surface area contributed by atoms with Crippen molar-refractivity contribution in [3.8, 4) is 0 Å². The highest BCUT2D eigenvalue weighted by atomic mass is 32.2. The lowest BCUT2D eigenvalue weighted by Gasteiger charge is -2.10. The molecule has 6 nitrogen and oxygen atoms in total.